The number of hydrogen-bond acceptors (Lipinski definition) is 10. The number of ether oxygens (including phenoxy) is 5. The first-order valence-electron chi connectivity index (χ1n) is 14.2. The average Bonchev–Trinajstić information content (AvgIpc) is 3.15. The lowest BCUT2D eigenvalue weighted by Gasteiger charge is -2.62. The van der Waals surface area contributed by atoms with E-state index in [9.17, 15) is 19.2 Å². The first-order chi connectivity index (χ1) is 19.8. The van der Waals surface area contributed by atoms with E-state index in [0.29, 0.717) is 18.4 Å². The maximum absolute atomic E-state index is 13.6. The lowest BCUT2D eigenvalue weighted by molar-refractivity contribution is -0.296. The number of nitrogens with zero attached hydrogens (tertiary/aromatic N) is 1. The van der Waals surface area contributed by atoms with Gasteiger partial charge in [0.1, 0.15) is 23.9 Å². The standard InChI is InChI=1S/C32H37NO9/c1-18-14-15-23(38-19(2)34)31(6)27(41-29(37)22-13-10-16-33-17-22)25(39-20(3)35)24-26(32(18,31)42-30(24,4)5)40-28(36)21-11-8-7-9-12-21/h7-13,16-18,23-27H,14-15H2,1-6H3/t18-,23+,24+,25-,26-,27+,31+,32+/m1/s1. The van der Waals surface area contributed by atoms with Gasteiger partial charge in [0.25, 0.3) is 0 Å². The van der Waals surface area contributed by atoms with Gasteiger partial charge in [-0.1, -0.05) is 25.1 Å². The van der Waals surface area contributed by atoms with Crippen LogP contribution in [-0.2, 0) is 33.3 Å². The number of esters is 4. The van der Waals surface area contributed by atoms with Crippen LogP contribution in [0, 0.1) is 17.3 Å². The summed E-state index contributed by atoms with van der Waals surface area (Å²) in [5.74, 6) is -3.34. The Morgan fingerprint density at radius 2 is 1.43 bits per heavy atom. The van der Waals surface area contributed by atoms with Gasteiger partial charge in [-0.05, 0) is 63.8 Å². The van der Waals surface area contributed by atoms with Crippen LogP contribution in [0.25, 0.3) is 0 Å². The fourth-order valence-corrected chi connectivity index (χ4v) is 7.67. The molecule has 2 heterocycles. The number of hydrogen-bond donors (Lipinski definition) is 0. The molecule has 2 bridgehead atoms. The largest absolute Gasteiger partial charge is 0.462 e. The fraction of sp³-hybridized carbons (Fsp3) is 0.531. The maximum atomic E-state index is 13.6. The van der Waals surface area contributed by atoms with Crippen molar-refractivity contribution in [3.8, 4) is 0 Å². The Bertz CT molecular complexity index is 1360. The van der Waals surface area contributed by atoms with Crippen LogP contribution in [0.4, 0.5) is 0 Å². The maximum Gasteiger partial charge on any atom is 0.340 e. The van der Waals surface area contributed by atoms with Crippen molar-refractivity contribution in [2.45, 2.75) is 90.0 Å². The Balaban J connectivity index is 1.71. The van der Waals surface area contributed by atoms with Gasteiger partial charge in [-0.15, -0.1) is 0 Å². The third-order valence-corrected chi connectivity index (χ3v) is 9.32. The van der Waals surface area contributed by atoms with Crippen molar-refractivity contribution >= 4 is 23.9 Å². The van der Waals surface area contributed by atoms with Crippen LogP contribution >= 0.6 is 0 Å². The van der Waals surface area contributed by atoms with Crippen LogP contribution in [0.1, 0.15) is 75.1 Å². The summed E-state index contributed by atoms with van der Waals surface area (Å²) in [4.78, 5) is 56.3. The molecule has 1 aliphatic heterocycles. The third kappa shape index (κ3) is 4.65. The summed E-state index contributed by atoms with van der Waals surface area (Å²) >= 11 is 0. The molecule has 0 unspecified atom stereocenters. The van der Waals surface area contributed by atoms with Gasteiger partial charge in [-0.25, -0.2) is 9.59 Å². The Labute approximate surface area is 245 Å². The van der Waals surface area contributed by atoms with E-state index in [1.54, 1.807) is 42.5 Å². The van der Waals surface area contributed by atoms with Crippen LogP contribution in [0.3, 0.4) is 0 Å². The fourth-order valence-electron chi connectivity index (χ4n) is 7.67. The molecule has 5 rings (SSSR count). The van der Waals surface area contributed by atoms with Crippen molar-refractivity contribution in [2.24, 2.45) is 17.3 Å². The highest BCUT2D eigenvalue weighted by molar-refractivity contribution is 5.90. The van der Waals surface area contributed by atoms with E-state index in [2.05, 4.69) is 4.98 Å². The lowest BCUT2D eigenvalue weighted by atomic mass is 9.48. The second kappa shape index (κ2) is 10.8. The molecule has 0 amide bonds. The summed E-state index contributed by atoms with van der Waals surface area (Å²) in [6, 6.07) is 11.8. The van der Waals surface area contributed by atoms with E-state index in [-0.39, 0.29) is 11.5 Å². The van der Waals surface area contributed by atoms with Gasteiger partial charge in [-0.2, -0.15) is 0 Å². The monoisotopic (exact) mass is 579 g/mol. The summed E-state index contributed by atoms with van der Waals surface area (Å²) < 4.78 is 31.5. The first-order valence-corrected chi connectivity index (χ1v) is 14.2. The van der Waals surface area contributed by atoms with Crippen molar-refractivity contribution in [1.29, 1.82) is 0 Å². The summed E-state index contributed by atoms with van der Waals surface area (Å²) in [5, 5.41) is 0. The second-order valence-electron chi connectivity index (χ2n) is 12.2. The zero-order valence-corrected chi connectivity index (χ0v) is 24.7. The highest BCUT2D eigenvalue weighted by Gasteiger charge is 2.82. The number of aromatic nitrogens is 1. The van der Waals surface area contributed by atoms with Gasteiger partial charge in [0.2, 0.25) is 0 Å². The molecule has 2 aliphatic carbocycles. The molecule has 10 heteroatoms. The SMILES string of the molecule is CC(=O)O[C@@H]1[C@H]2[C@@H](OC(=O)c3ccccc3)[C@@]3(OC2(C)C)[C@H](C)CC[C@H](OC(C)=O)[C@@]3(C)[C@H]1OC(=O)c1cccnc1. The summed E-state index contributed by atoms with van der Waals surface area (Å²) in [6.07, 6.45) is -0.0405. The highest BCUT2D eigenvalue weighted by Crippen LogP contribution is 2.68. The smallest absolute Gasteiger partial charge is 0.340 e. The van der Waals surface area contributed by atoms with Crippen molar-refractivity contribution in [1.82, 2.24) is 4.98 Å². The molecule has 2 aromatic rings. The van der Waals surface area contributed by atoms with E-state index in [1.807, 2.05) is 27.7 Å². The number of rotatable bonds is 6. The summed E-state index contributed by atoms with van der Waals surface area (Å²) in [6.45, 7) is 10.1. The van der Waals surface area contributed by atoms with Gasteiger partial charge in [-0.3, -0.25) is 14.6 Å². The van der Waals surface area contributed by atoms with Crippen LogP contribution in [-0.4, -0.2) is 64.5 Å². The molecule has 8 atom stereocenters. The lowest BCUT2D eigenvalue weighted by Crippen LogP contribution is -2.76. The van der Waals surface area contributed by atoms with Crippen molar-refractivity contribution in [3.05, 3.63) is 66.0 Å². The Morgan fingerprint density at radius 3 is 2.05 bits per heavy atom. The van der Waals surface area contributed by atoms with Crippen molar-refractivity contribution < 1.29 is 42.9 Å². The van der Waals surface area contributed by atoms with Crippen molar-refractivity contribution in [2.75, 3.05) is 0 Å². The first kappa shape index (κ1) is 29.7. The van der Waals surface area contributed by atoms with E-state index in [1.165, 1.54) is 26.2 Å². The van der Waals surface area contributed by atoms with E-state index in [4.69, 9.17) is 23.7 Å². The van der Waals surface area contributed by atoms with E-state index >= 15 is 0 Å². The van der Waals surface area contributed by atoms with Gasteiger partial charge < -0.3 is 23.7 Å². The number of fused-ring (bicyclic) bond motifs is 1. The zero-order valence-electron chi connectivity index (χ0n) is 24.7. The third-order valence-electron chi connectivity index (χ3n) is 9.32. The van der Waals surface area contributed by atoms with Crippen molar-refractivity contribution in [3.63, 3.8) is 0 Å². The Hall–Kier alpha value is -3.79. The minimum Gasteiger partial charge on any atom is -0.462 e. The number of carbonyl (C=O) groups excluding carboxylic acids is 4. The molecule has 1 spiro atoms. The molecule has 2 saturated carbocycles. The molecule has 0 N–H and O–H groups in total. The molecule has 1 aromatic heterocycles. The van der Waals surface area contributed by atoms with Crippen LogP contribution in [0.5, 0.6) is 0 Å². The predicted octanol–water partition coefficient (Wildman–Crippen LogP) is 4.31. The predicted molar refractivity (Wildman–Crippen MR) is 148 cm³/mol. The second-order valence-corrected chi connectivity index (χ2v) is 12.2. The van der Waals surface area contributed by atoms with Crippen LogP contribution < -0.4 is 0 Å². The highest BCUT2D eigenvalue weighted by atomic mass is 16.6. The number of pyridine rings is 1. The van der Waals surface area contributed by atoms with E-state index < -0.39 is 70.8 Å². The molecule has 10 nitrogen and oxygen atoms in total. The Kier molecular flexibility index (Phi) is 7.64. The topological polar surface area (TPSA) is 127 Å². The molecular formula is C32H37NO9. The zero-order chi connectivity index (χ0) is 30.4. The van der Waals surface area contributed by atoms with Gasteiger partial charge in [0.15, 0.2) is 6.10 Å². The van der Waals surface area contributed by atoms with Crippen LogP contribution in [0.15, 0.2) is 54.9 Å². The van der Waals surface area contributed by atoms with Gasteiger partial charge >= 0.3 is 23.9 Å². The molecule has 1 aromatic carbocycles. The average molecular weight is 580 g/mol. The van der Waals surface area contributed by atoms with Gasteiger partial charge in [0.05, 0.1) is 28.1 Å². The molecule has 1 saturated heterocycles. The molecule has 0 radical (unpaired) electrons. The normalized spacial score (nSPS) is 34.4. The number of carbonyl (C=O) groups is 4. The molecule has 3 aliphatic rings. The quantitative estimate of drug-likeness (QED) is 0.361. The number of benzene rings is 1. The summed E-state index contributed by atoms with van der Waals surface area (Å²) in [7, 11) is 0. The molecule has 224 valence electrons. The minimum atomic E-state index is -1.31. The van der Waals surface area contributed by atoms with Crippen LogP contribution in [0.2, 0.25) is 0 Å². The van der Waals surface area contributed by atoms with Gasteiger partial charge in [0, 0.05) is 26.2 Å². The molecule has 42 heavy (non-hydrogen) atoms. The van der Waals surface area contributed by atoms with E-state index in [0.717, 1.165) is 0 Å². The minimum absolute atomic E-state index is 0.203. The molecule has 3 fully saturated rings. The molecular weight excluding hydrogens is 542 g/mol. The Morgan fingerprint density at radius 1 is 0.810 bits per heavy atom. The summed E-state index contributed by atoms with van der Waals surface area (Å²) in [5.41, 5.74) is -3.04.